The summed E-state index contributed by atoms with van der Waals surface area (Å²) in [4.78, 5) is 14.1. The molecule has 1 aromatic carbocycles. The first-order valence-corrected chi connectivity index (χ1v) is 4.78. The van der Waals surface area contributed by atoms with Crippen LogP contribution in [0.15, 0.2) is 23.3 Å². The first-order chi connectivity index (χ1) is 7.15. The largest absolute Gasteiger partial charge is 0.348 e. The highest BCUT2D eigenvalue weighted by Crippen LogP contribution is 2.32. The van der Waals surface area contributed by atoms with Crippen LogP contribution < -0.4 is 0 Å². The number of nitrogens with zero attached hydrogens (tertiary/aromatic N) is 2. The molecule has 0 aliphatic carbocycles. The fourth-order valence-corrected chi connectivity index (χ4v) is 2.02. The van der Waals surface area contributed by atoms with Crippen molar-refractivity contribution >= 4 is 22.7 Å². The van der Waals surface area contributed by atoms with Crippen LogP contribution in [0.25, 0.3) is 10.9 Å². The van der Waals surface area contributed by atoms with E-state index in [0.717, 1.165) is 16.5 Å². The number of rotatable bonds is 1. The Balaban J connectivity index is 2.98. The third-order valence-electron chi connectivity index (χ3n) is 2.68. The molecule has 1 aromatic heterocycles. The van der Waals surface area contributed by atoms with Gasteiger partial charge in [0.25, 0.3) is 0 Å². The lowest BCUT2D eigenvalue weighted by Crippen LogP contribution is -1.87. The monoisotopic (exact) mass is 200 g/mol. The summed E-state index contributed by atoms with van der Waals surface area (Å²) in [7, 11) is 1.96. The molecule has 2 aromatic rings. The van der Waals surface area contributed by atoms with Gasteiger partial charge < -0.3 is 4.57 Å². The Hall–Kier alpha value is -1.86. The highest BCUT2D eigenvalue weighted by molar-refractivity contribution is 5.96. The summed E-state index contributed by atoms with van der Waals surface area (Å²) in [5.41, 5.74) is 4.14. The zero-order valence-corrected chi connectivity index (χ0v) is 9.03. The van der Waals surface area contributed by atoms with Crippen LogP contribution in [0.2, 0.25) is 0 Å². The summed E-state index contributed by atoms with van der Waals surface area (Å²) in [6.07, 6.45) is 3.45. The van der Waals surface area contributed by atoms with Crippen LogP contribution in [-0.4, -0.2) is 10.6 Å². The molecule has 0 saturated carbocycles. The molecule has 2 rings (SSSR count). The summed E-state index contributed by atoms with van der Waals surface area (Å²) in [6.45, 7) is 4.07. The van der Waals surface area contributed by atoms with E-state index in [9.17, 15) is 4.79 Å². The number of benzene rings is 1. The Bertz CT molecular complexity index is 575. The third kappa shape index (κ3) is 1.37. The van der Waals surface area contributed by atoms with Crippen LogP contribution >= 0.6 is 0 Å². The Kier molecular flexibility index (Phi) is 2.18. The molecule has 0 bridgehead atoms. The molecule has 0 aliphatic rings. The van der Waals surface area contributed by atoms with Gasteiger partial charge in [0.15, 0.2) is 0 Å². The second kappa shape index (κ2) is 3.37. The average Bonchev–Trinajstić information content (AvgIpc) is 2.51. The van der Waals surface area contributed by atoms with E-state index in [4.69, 9.17) is 0 Å². The predicted octanol–water partition coefficient (Wildman–Crippen LogP) is 2.76. The molecule has 0 aliphatic heterocycles. The van der Waals surface area contributed by atoms with Gasteiger partial charge in [-0.15, -0.1) is 0 Å². The Morgan fingerprint density at radius 3 is 2.60 bits per heavy atom. The molecule has 76 valence electrons. The molecule has 15 heavy (non-hydrogen) atoms. The van der Waals surface area contributed by atoms with Gasteiger partial charge in [-0.2, -0.15) is 4.99 Å². The molecule has 3 nitrogen and oxygen atoms in total. The van der Waals surface area contributed by atoms with Crippen molar-refractivity contribution in [3.05, 3.63) is 29.5 Å². The lowest BCUT2D eigenvalue weighted by Gasteiger charge is -2.02. The van der Waals surface area contributed by atoms with Crippen LogP contribution in [-0.2, 0) is 11.8 Å². The number of hydrogen-bond acceptors (Lipinski definition) is 2. The molecule has 3 heteroatoms. The van der Waals surface area contributed by atoms with E-state index in [-0.39, 0.29) is 0 Å². The molecule has 0 N–H and O–H groups in total. The van der Waals surface area contributed by atoms with E-state index in [1.54, 1.807) is 6.08 Å². The van der Waals surface area contributed by atoms with Gasteiger partial charge in [0.05, 0.1) is 5.52 Å². The highest BCUT2D eigenvalue weighted by atomic mass is 16.1. The molecule has 0 radical (unpaired) electrons. The van der Waals surface area contributed by atoms with Crippen molar-refractivity contribution in [1.29, 1.82) is 0 Å². The summed E-state index contributed by atoms with van der Waals surface area (Å²) in [5, 5.41) is 1.04. The van der Waals surface area contributed by atoms with Gasteiger partial charge in [-0.3, -0.25) is 0 Å². The van der Waals surface area contributed by atoms with Crippen molar-refractivity contribution < 1.29 is 4.79 Å². The maximum atomic E-state index is 10.3. The zero-order valence-electron chi connectivity index (χ0n) is 9.03. The minimum Gasteiger partial charge on any atom is -0.348 e. The molecule has 1 heterocycles. The Labute approximate surface area is 88.0 Å². The maximum Gasteiger partial charge on any atom is 0.240 e. The highest BCUT2D eigenvalue weighted by Gasteiger charge is 2.10. The smallest absolute Gasteiger partial charge is 0.240 e. The standard InChI is InChI=1S/C12H12N2O/c1-8-4-5-9(2)12-11(8)10(13-7-15)6-14(12)3/h4-6H,1-3H3. The van der Waals surface area contributed by atoms with Crippen LogP contribution in [0.1, 0.15) is 11.1 Å². The van der Waals surface area contributed by atoms with Gasteiger partial charge in [0, 0.05) is 18.6 Å². The first-order valence-electron chi connectivity index (χ1n) is 4.78. The van der Waals surface area contributed by atoms with Crippen molar-refractivity contribution in [2.24, 2.45) is 12.0 Å². The van der Waals surface area contributed by atoms with Crippen molar-refractivity contribution in [2.75, 3.05) is 0 Å². The molecule has 0 spiro atoms. The number of aliphatic imine (C=N–C) groups is 1. The van der Waals surface area contributed by atoms with Gasteiger partial charge in [-0.25, -0.2) is 4.79 Å². The van der Waals surface area contributed by atoms with Crippen molar-refractivity contribution in [2.45, 2.75) is 13.8 Å². The number of hydrogen-bond donors (Lipinski definition) is 0. The van der Waals surface area contributed by atoms with Crippen LogP contribution in [0, 0.1) is 13.8 Å². The molecule has 0 saturated heterocycles. The number of isocyanates is 1. The Morgan fingerprint density at radius 2 is 1.93 bits per heavy atom. The van der Waals surface area contributed by atoms with Gasteiger partial charge in [-0.1, -0.05) is 12.1 Å². The topological polar surface area (TPSA) is 34.4 Å². The van der Waals surface area contributed by atoms with E-state index in [2.05, 4.69) is 18.0 Å². The Morgan fingerprint density at radius 1 is 1.27 bits per heavy atom. The van der Waals surface area contributed by atoms with E-state index in [1.165, 1.54) is 5.56 Å². The fourth-order valence-electron chi connectivity index (χ4n) is 2.02. The summed E-state index contributed by atoms with van der Waals surface area (Å²) < 4.78 is 1.99. The second-order valence-electron chi connectivity index (χ2n) is 3.75. The molecule has 0 unspecified atom stereocenters. The normalized spacial score (nSPS) is 10.3. The van der Waals surface area contributed by atoms with E-state index < -0.39 is 0 Å². The van der Waals surface area contributed by atoms with Gasteiger partial charge in [-0.05, 0) is 25.0 Å². The van der Waals surface area contributed by atoms with Crippen molar-refractivity contribution in [1.82, 2.24) is 4.57 Å². The van der Waals surface area contributed by atoms with Gasteiger partial charge in [0.1, 0.15) is 5.69 Å². The van der Waals surface area contributed by atoms with Crippen molar-refractivity contribution in [3.8, 4) is 0 Å². The predicted molar refractivity (Wildman–Crippen MR) is 60.2 cm³/mol. The average molecular weight is 200 g/mol. The minimum atomic E-state index is 0.698. The van der Waals surface area contributed by atoms with Crippen LogP contribution in [0.4, 0.5) is 5.69 Å². The van der Waals surface area contributed by atoms with E-state index in [0.29, 0.717) is 5.69 Å². The quantitative estimate of drug-likeness (QED) is 0.515. The number of carbonyl (C=O) groups excluding carboxylic acids is 1. The summed E-state index contributed by atoms with van der Waals surface area (Å²) >= 11 is 0. The lowest BCUT2D eigenvalue weighted by atomic mass is 10.1. The van der Waals surface area contributed by atoms with Crippen LogP contribution in [0.5, 0.6) is 0 Å². The van der Waals surface area contributed by atoms with Gasteiger partial charge >= 0.3 is 0 Å². The van der Waals surface area contributed by atoms with E-state index >= 15 is 0 Å². The summed E-state index contributed by atoms with van der Waals surface area (Å²) in [6, 6.07) is 4.12. The van der Waals surface area contributed by atoms with Crippen molar-refractivity contribution in [3.63, 3.8) is 0 Å². The number of aryl methyl sites for hydroxylation is 3. The van der Waals surface area contributed by atoms with Crippen LogP contribution in [0.3, 0.4) is 0 Å². The molecule has 0 amide bonds. The first kappa shape index (κ1) is 9.69. The number of aromatic nitrogens is 1. The second-order valence-corrected chi connectivity index (χ2v) is 3.75. The minimum absolute atomic E-state index is 0.698. The number of fused-ring (bicyclic) bond motifs is 1. The molecule has 0 fully saturated rings. The maximum absolute atomic E-state index is 10.3. The van der Waals surface area contributed by atoms with E-state index in [1.807, 2.05) is 30.8 Å². The SMILES string of the molecule is Cc1ccc(C)c2c1c(N=C=O)cn2C. The third-order valence-corrected chi connectivity index (χ3v) is 2.68. The fraction of sp³-hybridized carbons (Fsp3) is 0.250. The lowest BCUT2D eigenvalue weighted by molar-refractivity contribution is 0.565. The zero-order chi connectivity index (χ0) is 11.0. The summed E-state index contributed by atoms with van der Waals surface area (Å²) in [5.74, 6) is 0. The van der Waals surface area contributed by atoms with Gasteiger partial charge in [0.2, 0.25) is 6.08 Å². The molecular weight excluding hydrogens is 188 g/mol. The molecular formula is C12H12N2O. The molecule has 0 atom stereocenters.